The van der Waals surface area contributed by atoms with Gasteiger partial charge in [-0.3, -0.25) is 0 Å². The molecular weight excluding hydrogens is 220 g/mol. The molecule has 2 aliphatic rings. The highest BCUT2D eigenvalue weighted by atomic mass is 35.5. The molecule has 0 aliphatic heterocycles. The number of rotatable bonds is 3. The Morgan fingerprint density at radius 3 is 2.31 bits per heavy atom. The Kier molecular flexibility index (Phi) is 4.18. The normalized spacial score (nSPS) is 33.8. The lowest BCUT2D eigenvalue weighted by Gasteiger charge is -2.53. The molecule has 0 aromatic heterocycles. The summed E-state index contributed by atoms with van der Waals surface area (Å²) in [5.41, 5.74) is 0.340. The number of halogens is 1. The lowest BCUT2D eigenvalue weighted by atomic mass is 9.61. The van der Waals surface area contributed by atoms with Gasteiger partial charge in [0.15, 0.2) is 0 Å². The molecule has 0 heterocycles. The first kappa shape index (κ1) is 12.7. The summed E-state index contributed by atoms with van der Waals surface area (Å²) in [4.78, 5) is 0. The zero-order valence-electron chi connectivity index (χ0n) is 10.7. The van der Waals surface area contributed by atoms with Gasteiger partial charge >= 0.3 is 0 Å². The Morgan fingerprint density at radius 2 is 1.81 bits per heavy atom. The SMILES string of the molecule is CC(C)COC1CC(Cl)C12CCCCCC2. The van der Waals surface area contributed by atoms with Gasteiger partial charge in [0.25, 0.3) is 0 Å². The van der Waals surface area contributed by atoms with Gasteiger partial charge in [0, 0.05) is 17.4 Å². The molecule has 2 saturated carbocycles. The van der Waals surface area contributed by atoms with Gasteiger partial charge in [-0.15, -0.1) is 11.6 Å². The van der Waals surface area contributed by atoms with Crippen molar-refractivity contribution in [2.45, 2.75) is 70.3 Å². The number of alkyl halides is 1. The second-order valence-electron chi connectivity index (χ2n) is 6.07. The van der Waals surface area contributed by atoms with Crippen LogP contribution in [0.2, 0.25) is 0 Å². The third kappa shape index (κ3) is 2.41. The summed E-state index contributed by atoms with van der Waals surface area (Å²) < 4.78 is 6.07. The fourth-order valence-corrected chi connectivity index (χ4v) is 3.78. The summed E-state index contributed by atoms with van der Waals surface area (Å²) in [6.45, 7) is 5.34. The molecule has 0 aromatic rings. The standard InChI is InChI=1S/C14H25ClO/c1-11(2)10-16-13-9-12(15)14(13)7-5-3-4-6-8-14/h11-13H,3-10H2,1-2H3. The third-order valence-corrected chi connectivity index (χ3v) is 4.96. The van der Waals surface area contributed by atoms with Gasteiger partial charge in [-0.2, -0.15) is 0 Å². The van der Waals surface area contributed by atoms with E-state index in [0.29, 0.717) is 22.8 Å². The van der Waals surface area contributed by atoms with E-state index in [1.54, 1.807) is 0 Å². The first-order valence-corrected chi connectivity index (χ1v) is 7.34. The van der Waals surface area contributed by atoms with Crippen LogP contribution in [0.3, 0.4) is 0 Å². The highest BCUT2D eigenvalue weighted by Gasteiger charge is 2.54. The van der Waals surface area contributed by atoms with E-state index in [0.717, 1.165) is 13.0 Å². The number of ether oxygens (including phenoxy) is 1. The molecule has 0 amide bonds. The van der Waals surface area contributed by atoms with Crippen LogP contribution in [-0.4, -0.2) is 18.1 Å². The van der Waals surface area contributed by atoms with Gasteiger partial charge < -0.3 is 4.74 Å². The monoisotopic (exact) mass is 244 g/mol. The summed E-state index contributed by atoms with van der Waals surface area (Å²) in [5.74, 6) is 0.636. The van der Waals surface area contributed by atoms with Gasteiger partial charge in [0.1, 0.15) is 0 Å². The van der Waals surface area contributed by atoms with Crippen LogP contribution < -0.4 is 0 Å². The Bertz CT molecular complexity index is 219. The van der Waals surface area contributed by atoms with Gasteiger partial charge in [-0.25, -0.2) is 0 Å². The summed E-state index contributed by atoms with van der Waals surface area (Å²) >= 11 is 6.49. The van der Waals surface area contributed by atoms with Crippen LogP contribution in [0, 0.1) is 11.3 Å². The maximum Gasteiger partial charge on any atom is 0.0659 e. The molecule has 16 heavy (non-hydrogen) atoms. The topological polar surface area (TPSA) is 9.23 Å². The molecule has 0 saturated heterocycles. The van der Waals surface area contributed by atoms with Crippen LogP contribution in [0.5, 0.6) is 0 Å². The molecular formula is C14H25ClO. The zero-order chi connectivity index (χ0) is 11.6. The fourth-order valence-electron chi connectivity index (χ4n) is 3.26. The molecule has 1 spiro atoms. The number of hydrogen-bond donors (Lipinski definition) is 0. The zero-order valence-corrected chi connectivity index (χ0v) is 11.4. The van der Waals surface area contributed by atoms with Crippen molar-refractivity contribution < 1.29 is 4.74 Å². The molecule has 2 rings (SSSR count). The summed E-state index contributed by atoms with van der Waals surface area (Å²) in [5, 5.41) is 0.378. The highest BCUT2D eigenvalue weighted by Crippen LogP contribution is 2.55. The minimum Gasteiger partial charge on any atom is -0.377 e. The Morgan fingerprint density at radius 1 is 1.19 bits per heavy atom. The third-order valence-electron chi connectivity index (χ3n) is 4.35. The number of hydrogen-bond acceptors (Lipinski definition) is 1. The summed E-state index contributed by atoms with van der Waals surface area (Å²) in [6, 6.07) is 0. The van der Waals surface area contributed by atoms with Crippen molar-refractivity contribution >= 4 is 11.6 Å². The van der Waals surface area contributed by atoms with Crippen LogP contribution in [0.1, 0.15) is 58.8 Å². The smallest absolute Gasteiger partial charge is 0.0659 e. The van der Waals surface area contributed by atoms with Crippen LogP contribution in [0.4, 0.5) is 0 Å². The van der Waals surface area contributed by atoms with E-state index in [1.165, 1.54) is 38.5 Å². The second kappa shape index (κ2) is 5.27. The largest absolute Gasteiger partial charge is 0.377 e. The lowest BCUT2D eigenvalue weighted by molar-refractivity contribution is -0.121. The van der Waals surface area contributed by atoms with Crippen molar-refractivity contribution in [1.82, 2.24) is 0 Å². The molecule has 2 atom stereocenters. The molecule has 2 heteroatoms. The Labute approximate surface area is 105 Å². The van der Waals surface area contributed by atoms with Crippen LogP contribution in [-0.2, 0) is 4.74 Å². The summed E-state index contributed by atoms with van der Waals surface area (Å²) in [7, 11) is 0. The van der Waals surface area contributed by atoms with Crippen molar-refractivity contribution in [2.75, 3.05) is 6.61 Å². The van der Waals surface area contributed by atoms with E-state index in [4.69, 9.17) is 16.3 Å². The van der Waals surface area contributed by atoms with E-state index < -0.39 is 0 Å². The van der Waals surface area contributed by atoms with Gasteiger partial charge in [0.05, 0.1) is 6.10 Å². The van der Waals surface area contributed by atoms with Gasteiger partial charge in [-0.1, -0.05) is 39.5 Å². The molecule has 2 aliphatic carbocycles. The van der Waals surface area contributed by atoms with E-state index >= 15 is 0 Å². The van der Waals surface area contributed by atoms with Crippen molar-refractivity contribution in [3.8, 4) is 0 Å². The average Bonchev–Trinajstić information content (AvgIpc) is 2.51. The molecule has 94 valence electrons. The fraction of sp³-hybridized carbons (Fsp3) is 1.00. The molecule has 0 radical (unpaired) electrons. The first-order valence-electron chi connectivity index (χ1n) is 6.91. The molecule has 2 unspecified atom stereocenters. The first-order chi connectivity index (χ1) is 7.65. The average molecular weight is 245 g/mol. The Hall–Kier alpha value is 0.250. The van der Waals surface area contributed by atoms with Crippen molar-refractivity contribution in [3.63, 3.8) is 0 Å². The molecule has 1 nitrogen and oxygen atoms in total. The maximum absolute atomic E-state index is 6.49. The van der Waals surface area contributed by atoms with E-state index in [2.05, 4.69) is 13.8 Å². The van der Waals surface area contributed by atoms with E-state index in [-0.39, 0.29) is 0 Å². The quantitative estimate of drug-likeness (QED) is 0.670. The minimum absolute atomic E-state index is 0.340. The van der Waals surface area contributed by atoms with Crippen LogP contribution in [0.15, 0.2) is 0 Å². The predicted octanol–water partition coefficient (Wildman–Crippen LogP) is 4.38. The minimum atomic E-state index is 0.340. The van der Waals surface area contributed by atoms with Crippen LogP contribution >= 0.6 is 11.6 Å². The van der Waals surface area contributed by atoms with Crippen molar-refractivity contribution in [2.24, 2.45) is 11.3 Å². The van der Waals surface area contributed by atoms with Crippen LogP contribution in [0.25, 0.3) is 0 Å². The maximum atomic E-state index is 6.49. The predicted molar refractivity (Wildman–Crippen MR) is 69.0 cm³/mol. The molecule has 0 aromatic carbocycles. The molecule has 2 fully saturated rings. The highest BCUT2D eigenvalue weighted by molar-refractivity contribution is 6.21. The van der Waals surface area contributed by atoms with Crippen molar-refractivity contribution in [3.05, 3.63) is 0 Å². The molecule has 0 N–H and O–H groups in total. The Balaban J connectivity index is 1.93. The van der Waals surface area contributed by atoms with Crippen molar-refractivity contribution in [1.29, 1.82) is 0 Å². The molecule has 0 bridgehead atoms. The summed E-state index contributed by atoms with van der Waals surface area (Å²) in [6.07, 6.45) is 9.61. The van der Waals surface area contributed by atoms with E-state index in [1.807, 2.05) is 0 Å². The second-order valence-corrected chi connectivity index (χ2v) is 6.59. The lowest BCUT2D eigenvalue weighted by Crippen LogP contribution is -2.55. The van der Waals surface area contributed by atoms with Gasteiger partial charge in [0.2, 0.25) is 0 Å². The van der Waals surface area contributed by atoms with E-state index in [9.17, 15) is 0 Å². The van der Waals surface area contributed by atoms with Gasteiger partial charge in [-0.05, 0) is 25.2 Å².